The average molecular weight is 344 g/mol. The van der Waals surface area contributed by atoms with Gasteiger partial charge in [-0.25, -0.2) is 0 Å². The van der Waals surface area contributed by atoms with E-state index in [0.717, 1.165) is 23.6 Å². The molecule has 1 saturated heterocycles. The molecule has 1 aliphatic carbocycles. The predicted octanol–water partition coefficient (Wildman–Crippen LogP) is 3.00. The molecule has 5 heteroatoms. The Balaban J connectivity index is 1.43. The van der Waals surface area contributed by atoms with E-state index in [1.165, 1.54) is 25.7 Å². The predicted molar refractivity (Wildman–Crippen MR) is 97.4 cm³/mol. The zero-order valence-corrected chi connectivity index (χ0v) is 14.8. The Morgan fingerprint density at radius 2 is 1.76 bits per heavy atom. The monoisotopic (exact) mass is 344 g/mol. The van der Waals surface area contributed by atoms with Gasteiger partial charge >= 0.3 is 0 Å². The molecule has 2 amide bonds. The van der Waals surface area contributed by atoms with Crippen molar-refractivity contribution in [2.75, 3.05) is 31.6 Å². The lowest BCUT2D eigenvalue weighted by atomic mass is 10.0. The number of nitrogens with zero attached hydrogens (tertiary/aromatic N) is 1. The van der Waals surface area contributed by atoms with Gasteiger partial charge < -0.3 is 15.0 Å². The molecule has 1 saturated carbocycles. The van der Waals surface area contributed by atoms with Crippen LogP contribution in [0.2, 0.25) is 0 Å². The van der Waals surface area contributed by atoms with Gasteiger partial charge in [0, 0.05) is 25.2 Å². The van der Waals surface area contributed by atoms with Crippen molar-refractivity contribution < 1.29 is 14.3 Å². The molecule has 0 unspecified atom stereocenters. The van der Waals surface area contributed by atoms with Crippen molar-refractivity contribution in [3.05, 3.63) is 29.8 Å². The maximum absolute atomic E-state index is 12.2. The Morgan fingerprint density at radius 1 is 1.08 bits per heavy atom. The van der Waals surface area contributed by atoms with Crippen molar-refractivity contribution in [1.82, 2.24) is 4.90 Å². The summed E-state index contributed by atoms with van der Waals surface area (Å²) in [6.07, 6.45) is 7.18. The van der Waals surface area contributed by atoms with Gasteiger partial charge in [-0.15, -0.1) is 0 Å². The number of carbonyl (C=O) groups is 2. The van der Waals surface area contributed by atoms with Gasteiger partial charge in [0.1, 0.15) is 0 Å². The van der Waals surface area contributed by atoms with E-state index in [4.69, 9.17) is 4.74 Å². The van der Waals surface area contributed by atoms with Gasteiger partial charge in [0.2, 0.25) is 11.8 Å². The molecule has 0 radical (unpaired) electrons. The largest absolute Gasteiger partial charge is 0.378 e. The van der Waals surface area contributed by atoms with E-state index >= 15 is 0 Å². The van der Waals surface area contributed by atoms with Crippen LogP contribution in [0.1, 0.15) is 44.1 Å². The zero-order valence-electron chi connectivity index (χ0n) is 14.8. The van der Waals surface area contributed by atoms with Crippen LogP contribution in [0, 0.1) is 5.92 Å². The number of hydrogen-bond donors (Lipinski definition) is 1. The van der Waals surface area contributed by atoms with Crippen LogP contribution in [0.5, 0.6) is 0 Å². The van der Waals surface area contributed by atoms with E-state index in [0.29, 0.717) is 39.1 Å². The number of anilines is 1. The molecule has 1 N–H and O–H groups in total. The SMILES string of the molecule is O=C(CCC1CCCC1)Nc1ccc(CC(=O)N2CCOCC2)cc1. The number of carbonyl (C=O) groups excluding carboxylic acids is 2. The minimum absolute atomic E-state index is 0.0871. The third-order valence-electron chi connectivity index (χ3n) is 5.21. The number of benzene rings is 1. The second kappa shape index (κ2) is 8.99. The Labute approximate surface area is 149 Å². The summed E-state index contributed by atoms with van der Waals surface area (Å²) in [6.45, 7) is 2.59. The highest BCUT2D eigenvalue weighted by Gasteiger charge is 2.17. The van der Waals surface area contributed by atoms with Gasteiger partial charge in [0.05, 0.1) is 19.6 Å². The van der Waals surface area contributed by atoms with Crippen molar-refractivity contribution in [3.8, 4) is 0 Å². The van der Waals surface area contributed by atoms with E-state index in [1.54, 1.807) is 0 Å². The molecule has 0 spiro atoms. The summed E-state index contributed by atoms with van der Waals surface area (Å²) in [7, 11) is 0. The first kappa shape index (κ1) is 17.9. The first-order valence-electron chi connectivity index (χ1n) is 9.45. The molecule has 5 nitrogen and oxygen atoms in total. The van der Waals surface area contributed by atoms with Crippen LogP contribution < -0.4 is 5.32 Å². The molecule has 2 fully saturated rings. The van der Waals surface area contributed by atoms with Gasteiger partial charge in [-0.3, -0.25) is 9.59 Å². The van der Waals surface area contributed by atoms with Crippen LogP contribution in [0.4, 0.5) is 5.69 Å². The number of amides is 2. The number of morpholine rings is 1. The topological polar surface area (TPSA) is 58.6 Å². The van der Waals surface area contributed by atoms with Crippen LogP contribution in [-0.2, 0) is 20.7 Å². The highest BCUT2D eigenvalue weighted by Crippen LogP contribution is 2.28. The molecule has 0 atom stereocenters. The van der Waals surface area contributed by atoms with Gasteiger partial charge in [0.15, 0.2) is 0 Å². The second-order valence-corrected chi connectivity index (χ2v) is 7.10. The Hall–Kier alpha value is -1.88. The lowest BCUT2D eigenvalue weighted by Crippen LogP contribution is -2.41. The number of ether oxygens (including phenoxy) is 1. The number of nitrogens with one attached hydrogen (secondary N) is 1. The molecule has 3 rings (SSSR count). The number of hydrogen-bond acceptors (Lipinski definition) is 3. The Morgan fingerprint density at radius 3 is 2.44 bits per heavy atom. The van der Waals surface area contributed by atoms with E-state index in [-0.39, 0.29) is 11.8 Å². The minimum Gasteiger partial charge on any atom is -0.378 e. The molecule has 0 aromatic heterocycles. The molecule has 0 bridgehead atoms. The normalized spacial score (nSPS) is 18.3. The van der Waals surface area contributed by atoms with E-state index in [2.05, 4.69) is 5.32 Å². The lowest BCUT2D eigenvalue weighted by Gasteiger charge is -2.26. The summed E-state index contributed by atoms with van der Waals surface area (Å²) in [5.41, 5.74) is 1.78. The molecule has 136 valence electrons. The number of rotatable bonds is 6. The Bertz CT molecular complexity index is 573. The molecular formula is C20H28N2O3. The summed E-state index contributed by atoms with van der Waals surface area (Å²) in [4.78, 5) is 26.1. The smallest absolute Gasteiger partial charge is 0.227 e. The molecule has 1 aromatic carbocycles. The van der Waals surface area contributed by atoms with Gasteiger partial charge in [0.25, 0.3) is 0 Å². The summed E-state index contributed by atoms with van der Waals surface area (Å²) < 4.78 is 5.27. The van der Waals surface area contributed by atoms with Gasteiger partial charge in [-0.2, -0.15) is 0 Å². The van der Waals surface area contributed by atoms with Crippen molar-refractivity contribution in [3.63, 3.8) is 0 Å². The minimum atomic E-state index is 0.0871. The average Bonchev–Trinajstić information content (AvgIpc) is 3.16. The highest BCUT2D eigenvalue weighted by molar-refractivity contribution is 5.90. The summed E-state index contributed by atoms with van der Waals surface area (Å²) in [5, 5.41) is 2.96. The fourth-order valence-electron chi connectivity index (χ4n) is 3.66. The fourth-order valence-corrected chi connectivity index (χ4v) is 3.66. The Kier molecular flexibility index (Phi) is 6.45. The molecule has 1 heterocycles. The maximum atomic E-state index is 12.2. The molecule has 1 aliphatic heterocycles. The summed E-state index contributed by atoms with van der Waals surface area (Å²) >= 11 is 0. The first-order valence-corrected chi connectivity index (χ1v) is 9.45. The maximum Gasteiger partial charge on any atom is 0.227 e. The zero-order chi connectivity index (χ0) is 17.5. The third-order valence-corrected chi connectivity index (χ3v) is 5.21. The van der Waals surface area contributed by atoms with Crippen LogP contribution in [0.25, 0.3) is 0 Å². The molecule has 1 aromatic rings. The third kappa shape index (κ3) is 5.56. The summed E-state index contributed by atoms with van der Waals surface area (Å²) in [6, 6.07) is 7.61. The summed E-state index contributed by atoms with van der Waals surface area (Å²) in [5.74, 6) is 0.958. The van der Waals surface area contributed by atoms with Crippen molar-refractivity contribution in [2.24, 2.45) is 5.92 Å². The lowest BCUT2D eigenvalue weighted by molar-refractivity contribution is -0.134. The highest BCUT2D eigenvalue weighted by atomic mass is 16.5. The van der Waals surface area contributed by atoms with Crippen molar-refractivity contribution >= 4 is 17.5 Å². The van der Waals surface area contributed by atoms with Crippen LogP contribution >= 0.6 is 0 Å². The quantitative estimate of drug-likeness (QED) is 0.863. The first-order chi connectivity index (χ1) is 12.2. The van der Waals surface area contributed by atoms with Crippen LogP contribution in [0.15, 0.2) is 24.3 Å². The van der Waals surface area contributed by atoms with Gasteiger partial charge in [-0.1, -0.05) is 37.8 Å². The fraction of sp³-hybridized carbons (Fsp3) is 0.600. The van der Waals surface area contributed by atoms with Crippen LogP contribution in [0.3, 0.4) is 0 Å². The standard InChI is InChI=1S/C20H28N2O3/c23-19(10-7-16-3-1-2-4-16)21-18-8-5-17(6-9-18)15-20(24)22-11-13-25-14-12-22/h5-6,8-9,16H,1-4,7,10-15H2,(H,21,23). The van der Waals surface area contributed by atoms with E-state index < -0.39 is 0 Å². The second-order valence-electron chi connectivity index (χ2n) is 7.10. The van der Waals surface area contributed by atoms with E-state index in [1.807, 2.05) is 29.2 Å². The molecule has 25 heavy (non-hydrogen) atoms. The molecular weight excluding hydrogens is 316 g/mol. The van der Waals surface area contributed by atoms with E-state index in [9.17, 15) is 9.59 Å². The molecule has 2 aliphatic rings. The van der Waals surface area contributed by atoms with Crippen LogP contribution in [-0.4, -0.2) is 43.0 Å². The van der Waals surface area contributed by atoms with Crippen molar-refractivity contribution in [1.29, 1.82) is 0 Å². The van der Waals surface area contributed by atoms with Crippen molar-refractivity contribution in [2.45, 2.75) is 44.9 Å². The van der Waals surface area contributed by atoms with Gasteiger partial charge in [-0.05, 0) is 30.0 Å².